The highest BCUT2D eigenvalue weighted by atomic mass is 16.3. The Morgan fingerprint density at radius 1 is 1.50 bits per heavy atom. The van der Waals surface area contributed by atoms with Crippen LogP contribution in [0, 0.1) is 5.92 Å². The predicted octanol–water partition coefficient (Wildman–Crippen LogP) is 0.607. The van der Waals surface area contributed by atoms with E-state index in [-0.39, 0.29) is 12.5 Å². The molecule has 0 radical (unpaired) electrons. The Bertz CT molecular complexity index is 203. The summed E-state index contributed by atoms with van der Waals surface area (Å²) >= 11 is 0. The second-order valence-corrected chi connectivity index (χ2v) is 4.52. The van der Waals surface area contributed by atoms with Crippen molar-refractivity contribution in [3.8, 4) is 0 Å². The van der Waals surface area contributed by atoms with E-state index in [2.05, 4.69) is 12.2 Å². The van der Waals surface area contributed by atoms with Crippen molar-refractivity contribution in [2.24, 2.45) is 5.92 Å². The average Bonchev–Trinajstić information content (AvgIpc) is 2.76. The molecule has 0 aromatic carbocycles. The predicted molar refractivity (Wildman–Crippen MR) is 64.2 cm³/mol. The van der Waals surface area contributed by atoms with Crippen LogP contribution < -0.4 is 5.32 Å². The summed E-state index contributed by atoms with van der Waals surface area (Å²) in [7, 11) is 0. The number of hydrogen-bond donors (Lipinski definition) is 2. The van der Waals surface area contributed by atoms with E-state index in [1.807, 2.05) is 4.90 Å². The van der Waals surface area contributed by atoms with E-state index in [0.717, 1.165) is 38.9 Å². The van der Waals surface area contributed by atoms with Gasteiger partial charge in [0.1, 0.15) is 0 Å². The Balaban J connectivity index is 2.32. The zero-order valence-corrected chi connectivity index (χ0v) is 10.2. The maximum Gasteiger partial charge on any atom is 0.222 e. The third-order valence-corrected chi connectivity index (χ3v) is 3.13. The summed E-state index contributed by atoms with van der Waals surface area (Å²) in [6.45, 7) is 5.45. The molecule has 94 valence electrons. The highest BCUT2D eigenvalue weighted by Gasteiger charge is 2.21. The zero-order valence-electron chi connectivity index (χ0n) is 10.2. The minimum absolute atomic E-state index is 0.0678. The van der Waals surface area contributed by atoms with Gasteiger partial charge < -0.3 is 15.3 Å². The molecule has 1 atom stereocenters. The van der Waals surface area contributed by atoms with E-state index >= 15 is 0 Å². The van der Waals surface area contributed by atoms with Crippen molar-refractivity contribution >= 4 is 5.91 Å². The average molecular weight is 228 g/mol. The number of aliphatic hydroxyl groups is 1. The Morgan fingerprint density at radius 2 is 2.31 bits per heavy atom. The fourth-order valence-electron chi connectivity index (χ4n) is 2.10. The minimum Gasteiger partial charge on any atom is -0.395 e. The number of nitrogens with one attached hydrogen (secondary N) is 1. The van der Waals surface area contributed by atoms with Crippen molar-refractivity contribution in [3.05, 3.63) is 0 Å². The number of carbonyl (C=O) groups excluding carboxylic acids is 1. The Kier molecular flexibility index (Phi) is 6.42. The molecule has 16 heavy (non-hydrogen) atoms. The number of aliphatic hydroxyl groups excluding tert-OH is 1. The first-order chi connectivity index (χ1) is 7.77. The molecule has 0 aliphatic carbocycles. The van der Waals surface area contributed by atoms with Gasteiger partial charge in [-0.15, -0.1) is 0 Å². The van der Waals surface area contributed by atoms with Gasteiger partial charge in [-0.05, 0) is 31.8 Å². The number of unbranched alkanes of at least 4 members (excludes halogenated alkanes) is 1. The first-order valence-corrected chi connectivity index (χ1v) is 6.37. The zero-order chi connectivity index (χ0) is 11.8. The Hall–Kier alpha value is -0.610. The van der Waals surface area contributed by atoms with Gasteiger partial charge in [0, 0.05) is 19.5 Å². The van der Waals surface area contributed by atoms with Crippen molar-refractivity contribution in [2.75, 3.05) is 32.8 Å². The lowest BCUT2D eigenvalue weighted by atomic mass is 10.0. The van der Waals surface area contributed by atoms with Gasteiger partial charge in [0.15, 0.2) is 0 Å². The van der Waals surface area contributed by atoms with Crippen LogP contribution in [0.3, 0.4) is 0 Å². The SMILES string of the molecule is CCCCN(CCO)C(=O)CC1CCNC1. The summed E-state index contributed by atoms with van der Waals surface area (Å²) in [5.74, 6) is 0.700. The molecule has 1 fully saturated rings. The van der Waals surface area contributed by atoms with Gasteiger partial charge in [0.25, 0.3) is 0 Å². The van der Waals surface area contributed by atoms with E-state index < -0.39 is 0 Å². The van der Waals surface area contributed by atoms with E-state index in [4.69, 9.17) is 5.11 Å². The number of carbonyl (C=O) groups is 1. The molecule has 0 spiro atoms. The van der Waals surface area contributed by atoms with Crippen molar-refractivity contribution in [3.63, 3.8) is 0 Å². The molecule has 1 unspecified atom stereocenters. The second-order valence-electron chi connectivity index (χ2n) is 4.52. The summed E-state index contributed by atoms with van der Waals surface area (Å²) in [4.78, 5) is 13.8. The molecule has 1 amide bonds. The molecule has 0 bridgehead atoms. The van der Waals surface area contributed by atoms with Crippen LogP contribution in [-0.2, 0) is 4.79 Å². The standard InChI is InChI=1S/C12H24N2O2/c1-2-3-6-14(7-8-15)12(16)9-11-4-5-13-10-11/h11,13,15H,2-10H2,1H3. The third kappa shape index (κ3) is 4.49. The summed E-state index contributed by atoms with van der Waals surface area (Å²) in [6.07, 6.45) is 3.85. The summed E-state index contributed by atoms with van der Waals surface area (Å²) in [5.41, 5.74) is 0. The van der Waals surface area contributed by atoms with Crippen LogP contribution >= 0.6 is 0 Å². The number of rotatable bonds is 7. The first-order valence-electron chi connectivity index (χ1n) is 6.37. The molecule has 1 heterocycles. The van der Waals surface area contributed by atoms with Crippen molar-refractivity contribution < 1.29 is 9.90 Å². The van der Waals surface area contributed by atoms with Crippen LogP contribution in [0.4, 0.5) is 0 Å². The smallest absolute Gasteiger partial charge is 0.222 e. The minimum atomic E-state index is 0.0678. The maximum absolute atomic E-state index is 12.0. The van der Waals surface area contributed by atoms with Gasteiger partial charge in [-0.25, -0.2) is 0 Å². The lowest BCUT2D eigenvalue weighted by Gasteiger charge is -2.23. The van der Waals surface area contributed by atoms with Crippen molar-refractivity contribution in [1.29, 1.82) is 0 Å². The quantitative estimate of drug-likeness (QED) is 0.671. The molecule has 1 saturated heterocycles. The monoisotopic (exact) mass is 228 g/mol. The van der Waals surface area contributed by atoms with E-state index in [9.17, 15) is 4.79 Å². The fourth-order valence-corrected chi connectivity index (χ4v) is 2.10. The van der Waals surface area contributed by atoms with Crippen LogP contribution in [-0.4, -0.2) is 48.7 Å². The third-order valence-electron chi connectivity index (χ3n) is 3.13. The first kappa shape index (κ1) is 13.5. The molecular formula is C12H24N2O2. The summed E-state index contributed by atoms with van der Waals surface area (Å²) < 4.78 is 0. The summed E-state index contributed by atoms with van der Waals surface area (Å²) in [6, 6.07) is 0. The topological polar surface area (TPSA) is 52.6 Å². The molecular weight excluding hydrogens is 204 g/mol. The molecule has 2 N–H and O–H groups in total. The lowest BCUT2D eigenvalue weighted by Crippen LogP contribution is -2.35. The molecule has 1 aliphatic heterocycles. The largest absolute Gasteiger partial charge is 0.395 e. The Morgan fingerprint density at radius 3 is 2.88 bits per heavy atom. The van der Waals surface area contributed by atoms with E-state index in [1.54, 1.807) is 0 Å². The molecule has 0 aromatic heterocycles. The number of amides is 1. The Labute approximate surface area is 98.0 Å². The van der Waals surface area contributed by atoms with E-state index in [0.29, 0.717) is 18.9 Å². The summed E-state index contributed by atoms with van der Waals surface area (Å²) in [5, 5.41) is 12.2. The van der Waals surface area contributed by atoms with Gasteiger partial charge in [-0.1, -0.05) is 13.3 Å². The molecule has 0 aromatic rings. The molecule has 4 nitrogen and oxygen atoms in total. The van der Waals surface area contributed by atoms with E-state index in [1.165, 1.54) is 0 Å². The number of nitrogens with zero attached hydrogens (tertiary/aromatic N) is 1. The van der Waals surface area contributed by atoms with Gasteiger partial charge in [-0.2, -0.15) is 0 Å². The highest BCUT2D eigenvalue weighted by Crippen LogP contribution is 2.14. The number of hydrogen-bond acceptors (Lipinski definition) is 3. The molecule has 4 heteroatoms. The van der Waals surface area contributed by atoms with Crippen LogP contribution in [0.1, 0.15) is 32.6 Å². The van der Waals surface area contributed by atoms with Crippen molar-refractivity contribution in [2.45, 2.75) is 32.6 Å². The second kappa shape index (κ2) is 7.63. The van der Waals surface area contributed by atoms with Crippen LogP contribution in [0.5, 0.6) is 0 Å². The van der Waals surface area contributed by atoms with Crippen LogP contribution in [0.2, 0.25) is 0 Å². The molecule has 1 aliphatic rings. The van der Waals surface area contributed by atoms with Crippen LogP contribution in [0.15, 0.2) is 0 Å². The highest BCUT2D eigenvalue weighted by molar-refractivity contribution is 5.76. The molecule has 0 saturated carbocycles. The van der Waals surface area contributed by atoms with Crippen molar-refractivity contribution in [1.82, 2.24) is 10.2 Å². The lowest BCUT2D eigenvalue weighted by molar-refractivity contribution is -0.132. The van der Waals surface area contributed by atoms with Gasteiger partial charge in [0.2, 0.25) is 5.91 Å². The normalized spacial score (nSPS) is 20.0. The van der Waals surface area contributed by atoms with Gasteiger partial charge in [0.05, 0.1) is 6.61 Å². The molecule has 1 rings (SSSR count). The van der Waals surface area contributed by atoms with Gasteiger partial charge in [-0.3, -0.25) is 4.79 Å². The van der Waals surface area contributed by atoms with Gasteiger partial charge >= 0.3 is 0 Å². The maximum atomic E-state index is 12.0. The fraction of sp³-hybridized carbons (Fsp3) is 0.917. The van der Waals surface area contributed by atoms with Crippen LogP contribution in [0.25, 0.3) is 0 Å².